The third-order valence-corrected chi connectivity index (χ3v) is 4.90. The quantitative estimate of drug-likeness (QED) is 0.790. The molecule has 0 atom stereocenters. The summed E-state index contributed by atoms with van der Waals surface area (Å²) in [6.07, 6.45) is 6.01. The lowest BCUT2D eigenvalue weighted by Crippen LogP contribution is -2.57. The van der Waals surface area contributed by atoms with Crippen LogP contribution in [-0.4, -0.2) is 56.1 Å². The second kappa shape index (κ2) is 5.01. The number of rotatable bonds is 1. The molecule has 2 aromatic rings. The van der Waals surface area contributed by atoms with Crippen molar-refractivity contribution in [1.29, 1.82) is 0 Å². The summed E-state index contributed by atoms with van der Waals surface area (Å²) in [4.78, 5) is 19.4. The standard InChI is InChI=1S/C15H19N5O2/c1-19-13-12(17-18-19)11(4-7-16-13)14(21)20-8-9-22-10-15(20)5-2-3-6-15/h4,7H,2-3,5-6,8-10H2,1H3. The van der Waals surface area contributed by atoms with Crippen LogP contribution < -0.4 is 0 Å². The average Bonchev–Trinajstić information content (AvgIpc) is 3.15. The van der Waals surface area contributed by atoms with Gasteiger partial charge in [0.05, 0.1) is 24.3 Å². The summed E-state index contributed by atoms with van der Waals surface area (Å²) in [6, 6.07) is 1.75. The predicted octanol–water partition coefficient (Wildman–Crippen LogP) is 1.15. The molecule has 0 bridgehead atoms. The van der Waals surface area contributed by atoms with E-state index in [1.54, 1.807) is 24.0 Å². The summed E-state index contributed by atoms with van der Waals surface area (Å²) in [5.41, 5.74) is 1.67. The van der Waals surface area contributed by atoms with Gasteiger partial charge in [-0.25, -0.2) is 9.67 Å². The van der Waals surface area contributed by atoms with Gasteiger partial charge in [0, 0.05) is 19.8 Å². The van der Waals surface area contributed by atoms with Crippen molar-refractivity contribution in [3.63, 3.8) is 0 Å². The molecule has 1 spiro atoms. The third-order valence-electron chi connectivity index (χ3n) is 4.90. The number of hydrogen-bond acceptors (Lipinski definition) is 5. The first-order valence-corrected chi connectivity index (χ1v) is 7.75. The number of carbonyl (C=O) groups excluding carboxylic acids is 1. The van der Waals surface area contributed by atoms with Crippen molar-refractivity contribution in [3.05, 3.63) is 17.8 Å². The van der Waals surface area contributed by atoms with E-state index in [2.05, 4.69) is 15.3 Å². The van der Waals surface area contributed by atoms with Crippen molar-refractivity contribution in [2.75, 3.05) is 19.8 Å². The highest BCUT2D eigenvalue weighted by Crippen LogP contribution is 2.38. The Labute approximate surface area is 128 Å². The maximum absolute atomic E-state index is 13.1. The molecule has 0 radical (unpaired) electrons. The third kappa shape index (κ3) is 1.92. The lowest BCUT2D eigenvalue weighted by atomic mass is 9.93. The highest BCUT2D eigenvalue weighted by Gasteiger charge is 2.44. The zero-order valence-corrected chi connectivity index (χ0v) is 12.7. The second-order valence-electron chi connectivity index (χ2n) is 6.18. The molecule has 2 fully saturated rings. The molecule has 2 aliphatic rings. The van der Waals surface area contributed by atoms with Gasteiger partial charge in [0.1, 0.15) is 5.52 Å². The van der Waals surface area contributed by atoms with Crippen molar-refractivity contribution in [3.8, 4) is 0 Å². The summed E-state index contributed by atoms with van der Waals surface area (Å²) in [7, 11) is 1.78. The van der Waals surface area contributed by atoms with Gasteiger partial charge in [-0.1, -0.05) is 18.1 Å². The fourth-order valence-electron chi connectivity index (χ4n) is 3.75. The molecule has 0 N–H and O–H groups in total. The molecular weight excluding hydrogens is 282 g/mol. The van der Waals surface area contributed by atoms with Crippen LogP contribution in [0, 0.1) is 0 Å². The Balaban J connectivity index is 1.76. The summed E-state index contributed by atoms with van der Waals surface area (Å²) < 4.78 is 7.27. The zero-order chi connectivity index (χ0) is 15.2. The number of aromatic nitrogens is 4. The Hall–Kier alpha value is -2.02. The predicted molar refractivity (Wildman–Crippen MR) is 79.4 cm³/mol. The van der Waals surface area contributed by atoms with Crippen molar-refractivity contribution in [1.82, 2.24) is 24.9 Å². The first-order valence-electron chi connectivity index (χ1n) is 7.75. The monoisotopic (exact) mass is 301 g/mol. The molecule has 1 saturated heterocycles. The highest BCUT2D eigenvalue weighted by atomic mass is 16.5. The van der Waals surface area contributed by atoms with E-state index in [4.69, 9.17) is 4.74 Å². The number of nitrogens with zero attached hydrogens (tertiary/aromatic N) is 5. The van der Waals surface area contributed by atoms with Crippen LogP contribution in [0.25, 0.3) is 11.2 Å². The fraction of sp³-hybridized carbons (Fsp3) is 0.600. The molecule has 0 aromatic carbocycles. The SMILES string of the molecule is Cn1nnc2c(C(=O)N3CCOCC34CCCC4)ccnc21. The number of fused-ring (bicyclic) bond motifs is 1. The number of morpholine rings is 1. The van der Waals surface area contributed by atoms with Gasteiger partial charge in [-0.15, -0.1) is 5.10 Å². The van der Waals surface area contributed by atoms with Gasteiger partial charge in [0.2, 0.25) is 0 Å². The minimum atomic E-state index is -0.132. The molecule has 4 rings (SSSR count). The molecule has 3 heterocycles. The van der Waals surface area contributed by atoms with E-state index in [-0.39, 0.29) is 11.4 Å². The van der Waals surface area contributed by atoms with Crippen molar-refractivity contribution >= 4 is 17.1 Å². The molecule has 1 aliphatic carbocycles. The molecule has 1 aliphatic heterocycles. The van der Waals surface area contributed by atoms with E-state index in [1.165, 1.54) is 0 Å². The zero-order valence-electron chi connectivity index (χ0n) is 12.7. The Morgan fingerprint density at radius 1 is 1.36 bits per heavy atom. The van der Waals surface area contributed by atoms with E-state index in [9.17, 15) is 4.79 Å². The van der Waals surface area contributed by atoms with Gasteiger partial charge in [0.25, 0.3) is 5.91 Å². The van der Waals surface area contributed by atoms with Crippen LogP contribution in [0.15, 0.2) is 12.3 Å². The lowest BCUT2D eigenvalue weighted by Gasteiger charge is -2.44. The summed E-state index contributed by atoms with van der Waals surface area (Å²) in [5, 5.41) is 8.10. The average molecular weight is 301 g/mol. The highest BCUT2D eigenvalue weighted by molar-refractivity contribution is 6.04. The van der Waals surface area contributed by atoms with Gasteiger partial charge in [0.15, 0.2) is 5.65 Å². The summed E-state index contributed by atoms with van der Waals surface area (Å²) >= 11 is 0. The molecule has 22 heavy (non-hydrogen) atoms. The summed E-state index contributed by atoms with van der Waals surface area (Å²) in [5.74, 6) is 0.0260. The fourth-order valence-corrected chi connectivity index (χ4v) is 3.75. The van der Waals surface area contributed by atoms with Crippen LogP contribution in [-0.2, 0) is 11.8 Å². The van der Waals surface area contributed by atoms with E-state index in [1.807, 2.05) is 4.90 Å². The topological polar surface area (TPSA) is 73.1 Å². The van der Waals surface area contributed by atoms with Gasteiger partial charge < -0.3 is 9.64 Å². The number of aryl methyl sites for hydroxylation is 1. The number of ether oxygens (including phenoxy) is 1. The number of carbonyl (C=O) groups is 1. The largest absolute Gasteiger partial charge is 0.377 e. The van der Waals surface area contributed by atoms with Gasteiger partial charge in [-0.3, -0.25) is 4.79 Å². The van der Waals surface area contributed by atoms with Crippen molar-refractivity contribution in [2.24, 2.45) is 7.05 Å². The maximum atomic E-state index is 13.1. The molecule has 2 aromatic heterocycles. The van der Waals surface area contributed by atoms with Crippen LogP contribution in [0.1, 0.15) is 36.0 Å². The molecule has 7 nitrogen and oxygen atoms in total. The second-order valence-corrected chi connectivity index (χ2v) is 6.18. The molecular formula is C15H19N5O2. The van der Waals surface area contributed by atoms with E-state index >= 15 is 0 Å². The molecule has 0 unspecified atom stereocenters. The van der Waals surface area contributed by atoms with E-state index in [0.717, 1.165) is 25.7 Å². The van der Waals surface area contributed by atoms with E-state index in [0.29, 0.717) is 36.5 Å². The normalized spacial score (nSPS) is 20.9. The molecule has 1 amide bonds. The van der Waals surface area contributed by atoms with Crippen LogP contribution in [0.4, 0.5) is 0 Å². The first-order chi connectivity index (χ1) is 10.7. The van der Waals surface area contributed by atoms with Crippen molar-refractivity contribution in [2.45, 2.75) is 31.2 Å². The first kappa shape index (κ1) is 13.6. The lowest BCUT2D eigenvalue weighted by molar-refractivity contribution is -0.0501. The van der Waals surface area contributed by atoms with Crippen molar-refractivity contribution < 1.29 is 9.53 Å². The maximum Gasteiger partial charge on any atom is 0.256 e. The van der Waals surface area contributed by atoms with E-state index < -0.39 is 0 Å². The molecule has 116 valence electrons. The van der Waals surface area contributed by atoms with Gasteiger partial charge >= 0.3 is 0 Å². The number of pyridine rings is 1. The number of amides is 1. The minimum absolute atomic E-state index is 0.0260. The van der Waals surface area contributed by atoms with Crippen LogP contribution in [0.2, 0.25) is 0 Å². The van der Waals surface area contributed by atoms with Crippen LogP contribution in [0.5, 0.6) is 0 Å². The Morgan fingerprint density at radius 3 is 3.00 bits per heavy atom. The number of hydrogen-bond donors (Lipinski definition) is 0. The van der Waals surface area contributed by atoms with Crippen LogP contribution >= 0.6 is 0 Å². The smallest absolute Gasteiger partial charge is 0.256 e. The Morgan fingerprint density at radius 2 is 2.18 bits per heavy atom. The van der Waals surface area contributed by atoms with Gasteiger partial charge in [-0.05, 0) is 18.9 Å². The minimum Gasteiger partial charge on any atom is -0.377 e. The Kier molecular flexibility index (Phi) is 3.11. The summed E-state index contributed by atoms with van der Waals surface area (Å²) in [6.45, 7) is 1.89. The van der Waals surface area contributed by atoms with Crippen LogP contribution in [0.3, 0.4) is 0 Å². The molecule has 1 saturated carbocycles. The Bertz CT molecular complexity index is 720. The molecule has 7 heteroatoms. The van der Waals surface area contributed by atoms with Gasteiger partial charge in [-0.2, -0.15) is 0 Å².